The molecule has 1 aromatic heterocycles. The van der Waals surface area contributed by atoms with E-state index >= 15 is 0 Å². The van der Waals surface area contributed by atoms with Gasteiger partial charge in [0.25, 0.3) is 0 Å². The molecule has 0 fully saturated rings. The predicted octanol–water partition coefficient (Wildman–Crippen LogP) is 2.94. The molecule has 0 aliphatic rings. The van der Waals surface area contributed by atoms with E-state index in [9.17, 15) is 0 Å². The van der Waals surface area contributed by atoms with Gasteiger partial charge in [-0.2, -0.15) is 5.10 Å². The summed E-state index contributed by atoms with van der Waals surface area (Å²) in [5, 5.41) is 11.6. The van der Waals surface area contributed by atoms with Gasteiger partial charge in [0.2, 0.25) is 0 Å². The van der Waals surface area contributed by atoms with Crippen LogP contribution in [0.3, 0.4) is 0 Å². The normalized spacial score (nSPS) is 11.0. The number of rotatable bonds is 10. The van der Waals surface area contributed by atoms with Gasteiger partial charge < -0.3 is 14.2 Å². The lowest BCUT2D eigenvalue weighted by Gasteiger charge is -2.09. The van der Waals surface area contributed by atoms with Crippen molar-refractivity contribution in [1.82, 2.24) is 14.9 Å². The van der Waals surface area contributed by atoms with Gasteiger partial charge in [0.1, 0.15) is 37.4 Å². The first-order chi connectivity index (χ1) is 13.3. The van der Waals surface area contributed by atoms with E-state index in [1.807, 2.05) is 55.5 Å². The number of hydrogen-bond acceptors (Lipinski definition) is 6. The molecule has 27 heavy (non-hydrogen) atoms. The van der Waals surface area contributed by atoms with Crippen LogP contribution < -0.4 is 9.47 Å². The van der Waals surface area contributed by atoms with E-state index in [0.29, 0.717) is 26.4 Å². The van der Waals surface area contributed by atoms with Gasteiger partial charge in [-0.15, -0.1) is 10.2 Å². The molecule has 0 aliphatic carbocycles. The summed E-state index contributed by atoms with van der Waals surface area (Å²) in [6.45, 7) is 4.04. The summed E-state index contributed by atoms with van der Waals surface area (Å²) in [5.74, 6) is 1.62. The quantitative estimate of drug-likeness (QED) is 0.407. The van der Waals surface area contributed by atoms with Gasteiger partial charge in [-0.1, -0.05) is 29.8 Å². The fraction of sp³-hybridized carbons (Fsp3) is 0.250. The summed E-state index contributed by atoms with van der Waals surface area (Å²) in [6.07, 6.45) is 4.77. The number of aryl methyl sites for hydroxylation is 1. The maximum absolute atomic E-state index is 5.70. The Bertz CT molecular complexity index is 833. The molecule has 1 heterocycles. The first-order valence-corrected chi connectivity index (χ1v) is 8.69. The maximum atomic E-state index is 5.70. The Balaban J connectivity index is 1.32. The van der Waals surface area contributed by atoms with Gasteiger partial charge in [0.05, 0.1) is 19.4 Å². The molecule has 140 valence electrons. The van der Waals surface area contributed by atoms with Crippen molar-refractivity contribution < 1.29 is 14.2 Å². The zero-order valence-electron chi connectivity index (χ0n) is 15.2. The minimum Gasteiger partial charge on any atom is -0.491 e. The van der Waals surface area contributed by atoms with Crippen molar-refractivity contribution in [2.24, 2.45) is 5.10 Å². The molecule has 0 saturated heterocycles. The topological polar surface area (TPSA) is 70.8 Å². The van der Waals surface area contributed by atoms with Crippen molar-refractivity contribution in [3.63, 3.8) is 0 Å². The third kappa shape index (κ3) is 6.56. The van der Waals surface area contributed by atoms with Gasteiger partial charge >= 0.3 is 0 Å². The molecule has 0 aliphatic heterocycles. The van der Waals surface area contributed by atoms with E-state index < -0.39 is 0 Å². The van der Waals surface area contributed by atoms with Gasteiger partial charge in [-0.05, 0) is 36.8 Å². The van der Waals surface area contributed by atoms with Crippen molar-refractivity contribution in [2.75, 3.05) is 26.4 Å². The molecule has 0 amide bonds. The second-order valence-electron chi connectivity index (χ2n) is 5.78. The summed E-state index contributed by atoms with van der Waals surface area (Å²) in [6, 6.07) is 15.6. The molecular weight excluding hydrogens is 344 g/mol. The molecule has 3 aromatic rings. The molecule has 0 N–H and O–H groups in total. The minimum atomic E-state index is 0.469. The van der Waals surface area contributed by atoms with Crippen LogP contribution in [0.25, 0.3) is 0 Å². The highest BCUT2D eigenvalue weighted by Gasteiger charge is 1.97. The SMILES string of the molecule is Cc1ccc(OCCOCCOc2cccc(/C=N\n3cnnc3)c2)cc1. The monoisotopic (exact) mass is 366 g/mol. The molecule has 0 bridgehead atoms. The molecule has 0 atom stereocenters. The Kier molecular flexibility index (Phi) is 6.94. The molecule has 7 nitrogen and oxygen atoms in total. The standard InChI is InChI=1S/C20H22N4O3/c1-17-5-7-19(8-6-17)26-11-9-25-10-12-27-20-4-2-3-18(13-20)14-23-24-15-21-22-16-24/h2-8,13-16H,9-12H2,1H3/b23-14-. The van der Waals surface area contributed by atoms with Crippen LogP contribution in [-0.4, -0.2) is 47.5 Å². The zero-order chi connectivity index (χ0) is 18.7. The lowest BCUT2D eigenvalue weighted by atomic mass is 10.2. The highest BCUT2D eigenvalue weighted by molar-refractivity contribution is 5.80. The second-order valence-corrected chi connectivity index (χ2v) is 5.78. The van der Waals surface area contributed by atoms with Gasteiger partial charge in [0, 0.05) is 0 Å². The average Bonchev–Trinajstić information content (AvgIpc) is 3.21. The number of aromatic nitrogens is 3. The van der Waals surface area contributed by atoms with Gasteiger partial charge in [-0.3, -0.25) is 0 Å². The summed E-state index contributed by atoms with van der Waals surface area (Å²) in [5.41, 5.74) is 2.14. The maximum Gasteiger partial charge on any atom is 0.141 e. The number of ether oxygens (including phenoxy) is 3. The Morgan fingerprint density at radius 3 is 2.33 bits per heavy atom. The highest BCUT2D eigenvalue weighted by atomic mass is 16.5. The van der Waals surface area contributed by atoms with Crippen LogP contribution in [0.15, 0.2) is 66.3 Å². The molecule has 0 spiro atoms. The van der Waals surface area contributed by atoms with E-state index in [1.54, 1.807) is 6.21 Å². The second kappa shape index (κ2) is 10.1. The van der Waals surface area contributed by atoms with Crippen molar-refractivity contribution in [1.29, 1.82) is 0 Å². The Labute approximate surface area is 158 Å². The number of nitrogens with zero attached hydrogens (tertiary/aromatic N) is 4. The molecule has 0 unspecified atom stereocenters. The predicted molar refractivity (Wildman–Crippen MR) is 102 cm³/mol. The molecule has 3 rings (SSSR count). The van der Waals surface area contributed by atoms with Crippen molar-refractivity contribution in [2.45, 2.75) is 6.92 Å². The molecule has 2 aromatic carbocycles. The largest absolute Gasteiger partial charge is 0.491 e. The van der Waals surface area contributed by atoms with Gasteiger partial charge in [0.15, 0.2) is 0 Å². The van der Waals surface area contributed by atoms with Crippen LogP contribution in [-0.2, 0) is 4.74 Å². The molecule has 7 heteroatoms. The lowest BCUT2D eigenvalue weighted by molar-refractivity contribution is 0.0764. The van der Waals surface area contributed by atoms with E-state index in [4.69, 9.17) is 14.2 Å². The number of benzene rings is 2. The molecule has 0 radical (unpaired) electrons. The Morgan fingerprint density at radius 2 is 1.59 bits per heavy atom. The average molecular weight is 366 g/mol. The van der Waals surface area contributed by atoms with Crippen LogP contribution in [0.2, 0.25) is 0 Å². The first kappa shape index (κ1) is 18.6. The van der Waals surface area contributed by atoms with E-state index in [1.165, 1.54) is 22.9 Å². The fourth-order valence-electron chi connectivity index (χ4n) is 2.25. The van der Waals surface area contributed by atoms with Crippen LogP contribution in [0.5, 0.6) is 11.5 Å². The summed E-state index contributed by atoms with van der Waals surface area (Å²) >= 11 is 0. The third-order valence-electron chi connectivity index (χ3n) is 3.62. The summed E-state index contributed by atoms with van der Waals surface area (Å²) < 4.78 is 18.4. The Morgan fingerprint density at radius 1 is 0.889 bits per heavy atom. The number of hydrogen-bond donors (Lipinski definition) is 0. The van der Waals surface area contributed by atoms with Crippen molar-refractivity contribution >= 4 is 6.21 Å². The van der Waals surface area contributed by atoms with Crippen LogP contribution >= 0.6 is 0 Å². The van der Waals surface area contributed by atoms with E-state index in [0.717, 1.165) is 17.1 Å². The van der Waals surface area contributed by atoms with Crippen molar-refractivity contribution in [3.8, 4) is 11.5 Å². The van der Waals surface area contributed by atoms with Crippen LogP contribution in [0.4, 0.5) is 0 Å². The summed E-state index contributed by atoms with van der Waals surface area (Å²) in [7, 11) is 0. The third-order valence-corrected chi connectivity index (χ3v) is 3.62. The minimum absolute atomic E-state index is 0.469. The summed E-state index contributed by atoms with van der Waals surface area (Å²) in [4.78, 5) is 0. The lowest BCUT2D eigenvalue weighted by Crippen LogP contribution is -2.12. The molecule has 0 saturated carbocycles. The fourth-order valence-corrected chi connectivity index (χ4v) is 2.25. The van der Waals surface area contributed by atoms with Gasteiger partial charge in [-0.25, -0.2) is 4.68 Å². The van der Waals surface area contributed by atoms with E-state index in [-0.39, 0.29) is 0 Å². The zero-order valence-corrected chi connectivity index (χ0v) is 15.2. The smallest absolute Gasteiger partial charge is 0.141 e. The molecular formula is C20H22N4O3. The van der Waals surface area contributed by atoms with Crippen LogP contribution in [0.1, 0.15) is 11.1 Å². The van der Waals surface area contributed by atoms with Crippen LogP contribution in [0, 0.1) is 6.92 Å². The Hall–Kier alpha value is -3.19. The first-order valence-electron chi connectivity index (χ1n) is 8.69. The van der Waals surface area contributed by atoms with Crippen molar-refractivity contribution in [3.05, 3.63) is 72.3 Å². The van der Waals surface area contributed by atoms with E-state index in [2.05, 4.69) is 15.3 Å². The highest BCUT2D eigenvalue weighted by Crippen LogP contribution is 2.12.